The Morgan fingerprint density at radius 2 is 1.86 bits per heavy atom. The molecule has 1 heterocycles. The van der Waals surface area contributed by atoms with Crippen LogP contribution in [0, 0.1) is 29.9 Å². The summed E-state index contributed by atoms with van der Waals surface area (Å²) in [6, 6.07) is 9.16. The van der Waals surface area contributed by atoms with Crippen LogP contribution in [0.5, 0.6) is 5.75 Å². The lowest BCUT2D eigenvalue weighted by molar-refractivity contribution is -0.137. The number of ether oxygens (including phenoxy) is 1. The molecular weight excluding hydrogens is 380 g/mol. The topological polar surface area (TPSA) is 82.4 Å². The molecule has 0 spiro atoms. The molecule has 2 amide bonds. The Balaban J connectivity index is 1.69. The van der Waals surface area contributed by atoms with Gasteiger partial charge in [0.1, 0.15) is 29.2 Å². The van der Waals surface area contributed by atoms with Gasteiger partial charge in [-0.1, -0.05) is 6.07 Å². The summed E-state index contributed by atoms with van der Waals surface area (Å²) in [6.07, 6.45) is 1.43. The third kappa shape index (κ3) is 4.09. The smallest absolute Gasteiger partial charge is 0.277 e. The number of nitrogens with one attached hydrogen (secondary N) is 1. The second-order valence-electron chi connectivity index (χ2n) is 6.44. The molecule has 0 atom stereocenters. The van der Waals surface area contributed by atoms with Crippen molar-refractivity contribution in [1.82, 2.24) is 4.90 Å². The van der Waals surface area contributed by atoms with Crippen molar-refractivity contribution in [1.29, 1.82) is 5.26 Å². The number of nitriles is 1. The number of rotatable bonds is 6. The van der Waals surface area contributed by atoms with Gasteiger partial charge in [0.25, 0.3) is 11.8 Å². The lowest BCUT2D eigenvalue weighted by atomic mass is 10.1. The average Bonchev–Trinajstić information content (AvgIpc) is 2.96. The number of methoxy groups -OCH3 is 1. The summed E-state index contributed by atoms with van der Waals surface area (Å²) in [4.78, 5) is 25.7. The summed E-state index contributed by atoms with van der Waals surface area (Å²) in [5, 5.41) is 11.8. The van der Waals surface area contributed by atoms with Crippen molar-refractivity contribution in [2.45, 2.75) is 13.3 Å². The molecule has 2 aromatic carbocycles. The molecule has 0 saturated heterocycles. The number of carbonyl (C=O) groups is 2. The molecule has 0 fully saturated rings. The van der Waals surface area contributed by atoms with Gasteiger partial charge in [-0.15, -0.1) is 0 Å². The molecule has 0 aromatic heterocycles. The highest BCUT2D eigenvalue weighted by Gasteiger charge is 2.31. The minimum atomic E-state index is -0.755. The molecule has 0 aliphatic carbocycles. The number of hydrogen-bond donors (Lipinski definition) is 1. The van der Waals surface area contributed by atoms with Crippen molar-refractivity contribution in [3.63, 3.8) is 0 Å². The molecule has 0 bridgehead atoms. The number of nitrogens with zero attached hydrogens (tertiary/aromatic N) is 2. The molecule has 0 radical (unpaired) electrons. The van der Waals surface area contributed by atoms with Crippen LogP contribution in [0.25, 0.3) is 0 Å². The Labute approximate surface area is 166 Å². The summed E-state index contributed by atoms with van der Waals surface area (Å²) >= 11 is 0. The van der Waals surface area contributed by atoms with E-state index in [4.69, 9.17) is 10.00 Å². The highest BCUT2D eigenvalue weighted by molar-refractivity contribution is 6.17. The molecular formula is C21H17F2N3O3. The van der Waals surface area contributed by atoms with Crippen LogP contribution in [0.4, 0.5) is 14.5 Å². The minimum Gasteiger partial charge on any atom is -0.495 e. The Kier molecular flexibility index (Phi) is 5.59. The van der Waals surface area contributed by atoms with E-state index in [-0.39, 0.29) is 23.5 Å². The maximum absolute atomic E-state index is 13.7. The van der Waals surface area contributed by atoms with Gasteiger partial charge in [0.15, 0.2) is 0 Å². The molecule has 0 unspecified atom stereocenters. The molecule has 0 saturated carbocycles. The molecule has 1 aliphatic heterocycles. The van der Waals surface area contributed by atoms with Crippen molar-refractivity contribution in [2.75, 3.05) is 19.0 Å². The molecule has 1 aliphatic rings. The van der Waals surface area contributed by atoms with Crippen molar-refractivity contribution < 1.29 is 23.1 Å². The Hall–Kier alpha value is -3.73. The van der Waals surface area contributed by atoms with E-state index >= 15 is 0 Å². The van der Waals surface area contributed by atoms with Crippen LogP contribution < -0.4 is 10.1 Å². The van der Waals surface area contributed by atoms with E-state index < -0.39 is 23.4 Å². The average molecular weight is 397 g/mol. The standard InChI is InChI=1S/C21H17F2N3O3/c1-12-16(22)8-15(9-17(12)23)25-18-10-20(27)26(21(18)28)6-5-13-3-4-19(29-2)14(7-13)11-24/h3-4,7-10,25H,5-6H2,1-2H3. The van der Waals surface area contributed by atoms with Gasteiger partial charge in [-0.3, -0.25) is 14.5 Å². The van der Waals surface area contributed by atoms with Gasteiger partial charge in [0.2, 0.25) is 0 Å². The van der Waals surface area contributed by atoms with E-state index in [1.807, 2.05) is 6.07 Å². The summed E-state index contributed by atoms with van der Waals surface area (Å²) < 4.78 is 32.5. The zero-order valence-corrected chi connectivity index (χ0v) is 15.8. The lowest BCUT2D eigenvalue weighted by Gasteiger charge is -2.16. The molecule has 1 N–H and O–H groups in total. The monoisotopic (exact) mass is 397 g/mol. The van der Waals surface area contributed by atoms with Gasteiger partial charge in [0, 0.05) is 23.9 Å². The first-order chi connectivity index (χ1) is 13.8. The van der Waals surface area contributed by atoms with E-state index in [0.717, 1.165) is 28.7 Å². The molecule has 2 aromatic rings. The van der Waals surface area contributed by atoms with Gasteiger partial charge in [-0.2, -0.15) is 5.26 Å². The SMILES string of the molecule is COc1ccc(CCN2C(=O)C=C(Nc3cc(F)c(C)c(F)c3)C2=O)cc1C#N. The quantitative estimate of drug-likeness (QED) is 0.758. The number of carbonyl (C=O) groups excluding carboxylic acids is 2. The third-order valence-electron chi connectivity index (χ3n) is 4.58. The van der Waals surface area contributed by atoms with Crippen molar-refractivity contribution in [2.24, 2.45) is 0 Å². The Morgan fingerprint density at radius 3 is 2.48 bits per heavy atom. The predicted octanol–water partition coefficient (Wildman–Crippen LogP) is 3.06. The van der Waals surface area contributed by atoms with Crippen molar-refractivity contribution in [3.05, 3.63) is 70.4 Å². The van der Waals surface area contributed by atoms with Gasteiger partial charge in [-0.25, -0.2) is 8.78 Å². The van der Waals surface area contributed by atoms with E-state index in [1.54, 1.807) is 18.2 Å². The molecule has 8 heteroatoms. The number of anilines is 1. The van der Waals surface area contributed by atoms with Crippen LogP contribution in [0.15, 0.2) is 42.1 Å². The maximum Gasteiger partial charge on any atom is 0.277 e. The zero-order chi connectivity index (χ0) is 21.1. The van der Waals surface area contributed by atoms with Crippen molar-refractivity contribution >= 4 is 17.5 Å². The molecule has 6 nitrogen and oxygen atoms in total. The Morgan fingerprint density at radius 1 is 1.17 bits per heavy atom. The van der Waals surface area contributed by atoms with Crippen LogP contribution >= 0.6 is 0 Å². The summed E-state index contributed by atoms with van der Waals surface area (Å²) in [5.41, 5.74) is 0.954. The first-order valence-corrected chi connectivity index (χ1v) is 8.71. The Bertz CT molecular complexity index is 1050. The summed E-state index contributed by atoms with van der Waals surface area (Å²) in [7, 11) is 1.46. The van der Waals surface area contributed by atoms with Gasteiger partial charge in [-0.05, 0) is 43.2 Å². The van der Waals surface area contributed by atoms with Gasteiger partial charge < -0.3 is 10.1 Å². The summed E-state index contributed by atoms with van der Waals surface area (Å²) in [5.74, 6) is -2.19. The first kappa shape index (κ1) is 20.0. The van der Waals surface area contributed by atoms with E-state index in [1.165, 1.54) is 14.0 Å². The predicted molar refractivity (Wildman–Crippen MR) is 101 cm³/mol. The van der Waals surface area contributed by atoms with Crippen LogP contribution in [0.3, 0.4) is 0 Å². The second kappa shape index (κ2) is 8.10. The third-order valence-corrected chi connectivity index (χ3v) is 4.58. The van der Waals surface area contributed by atoms with Crippen LogP contribution in [-0.4, -0.2) is 30.4 Å². The zero-order valence-electron chi connectivity index (χ0n) is 15.8. The fourth-order valence-electron chi connectivity index (χ4n) is 2.92. The van der Waals surface area contributed by atoms with Crippen LogP contribution in [-0.2, 0) is 16.0 Å². The van der Waals surface area contributed by atoms with Crippen LogP contribution in [0.1, 0.15) is 16.7 Å². The van der Waals surface area contributed by atoms with Crippen molar-refractivity contribution in [3.8, 4) is 11.8 Å². The summed E-state index contributed by atoms with van der Waals surface area (Å²) in [6.45, 7) is 1.39. The first-order valence-electron chi connectivity index (χ1n) is 8.71. The van der Waals surface area contributed by atoms with Gasteiger partial charge in [0.05, 0.1) is 12.7 Å². The number of imide groups is 1. The number of benzene rings is 2. The van der Waals surface area contributed by atoms with E-state index in [0.29, 0.717) is 17.7 Å². The van der Waals surface area contributed by atoms with E-state index in [2.05, 4.69) is 5.32 Å². The number of amides is 2. The minimum absolute atomic E-state index is 0.0358. The fourth-order valence-corrected chi connectivity index (χ4v) is 2.92. The second-order valence-corrected chi connectivity index (χ2v) is 6.44. The molecule has 148 valence electrons. The highest BCUT2D eigenvalue weighted by atomic mass is 19.1. The highest BCUT2D eigenvalue weighted by Crippen LogP contribution is 2.23. The maximum atomic E-state index is 13.7. The van der Waals surface area contributed by atoms with Gasteiger partial charge >= 0.3 is 0 Å². The normalized spacial score (nSPS) is 13.3. The lowest BCUT2D eigenvalue weighted by Crippen LogP contribution is -2.33. The fraction of sp³-hybridized carbons (Fsp3) is 0.190. The molecule has 29 heavy (non-hydrogen) atoms. The largest absolute Gasteiger partial charge is 0.495 e. The van der Waals surface area contributed by atoms with Crippen LogP contribution in [0.2, 0.25) is 0 Å². The van der Waals surface area contributed by atoms with E-state index in [9.17, 15) is 18.4 Å². The molecule has 3 rings (SSSR count). The number of hydrogen-bond acceptors (Lipinski definition) is 5. The number of halogens is 2.